The highest BCUT2D eigenvalue weighted by atomic mass is 32.1. The molecule has 1 aromatic carbocycles. The standard InChI is InChI=1S/C20H22FNO5S/c1-5-26-19(24)15-12(4)16(20(25)27-10-11(2)3)28-18(15)22-17(23)13-8-6-7-9-14(13)21/h6-9,11H,5,10H2,1-4H3,(H,22,23). The summed E-state index contributed by atoms with van der Waals surface area (Å²) in [6, 6.07) is 5.48. The summed E-state index contributed by atoms with van der Waals surface area (Å²) >= 11 is 0.899. The van der Waals surface area contributed by atoms with Gasteiger partial charge in [-0.2, -0.15) is 0 Å². The van der Waals surface area contributed by atoms with E-state index in [1.54, 1.807) is 13.8 Å². The minimum Gasteiger partial charge on any atom is -0.462 e. The predicted molar refractivity (Wildman–Crippen MR) is 104 cm³/mol. The van der Waals surface area contributed by atoms with Gasteiger partial charge in [0.15, 0.2) is 0 Å². The first-order valence-corrected chi connectivity index (χ1v) is 9.61. The lowest BCUT2D eigenvalue weighted by Crippen LogP contribution is -2.16. The summed E-state index contributed by atoms with van der Waals surface area (Å²) in [5.74, 6) is -2.54. The van der Waals surface area contributed by atoms with Gasteiger partial charge in [-0.15, -0.1) is 11.3 Å². The van der Waals surface area contributed by atoms with Gasteiger partial charge in [-0.3, -0.25) is 4.79 Å². The van der Waals surface area contributed by atoms with Gasteiger partial charge < -0.3 is 14.8 Å². The van der Waals surface area contributed by atoms with E-state index in [4.69, 9.17) is 9.47 Å². The fraction of sp³-hybridized carbons (Fsp3) is 0.350. The van der Waals surface area contributed by atoms with Gasteiger partial charge in [0.2, 0.25) is 0 Å². The lowest BCUT2D eigenvalue weighted by atomic mass is 10.1. The molecule has 0 saturated heterocycles. The van der Waals surface area contributed by atoms with E-state index in [-0.39, 0.29) is 40.1 Å². The Labute approximate surface area is 166 Å². The van der Waals surface area contributed by atoms with Crippen LogP contribution in [0.4, 0.5) is 9.39 Å². The Morgan fingerprint density at radius 2 is 1.82 bits per heavy atom. The number of thiophene rings is 1. The highest BCUT2D eigenvalue weighted by molar-refractivity contribution is 7.18. The molecule has 2 rings (SSSR count). The zero-order chi connectivity index (χ0) is 20.8. The number of hydrogen-bond donors (Lipinski definition) is 1. The number of halogens is 1. The zero-order valence-corrected chi connectivity index (χ0v) is 16.9. The molecule has 8 heteroatoms. The fourth-order valence-corrected chi connectivity index (χ4v) is 3.45. The van der Waals surface area contributed by atoms with Crippen LogP contribution in [0.2, 0.25) is 0 Å². The van der Waals surface area contributed by atoms with E-state index in [1.165, 1.54) is 18.2 Å². The quantitative estimate of drug-likeness (QED) is 0.687. The average Bonchev–Trinajstić information content (AvgIpc) is 2.96. The van der Waals surface area contributed by atoms with Crippen LogP contribution in [0.3, 0.4) is 0 Å². The second-order valence-corrected chi connectivity index (χ2v) is 7.43. The van der Waals surface area contributed by atoms with Gasteiger partial charge in [0.05, 0.1) is 24.3 Å². The Bertz CT molecular complexity index is 891. The molecular weight excluding hydrogens is 385 g/mol. The molecule has 0 aliphatic heterocycles. The molecule has 0 aliphatic carbocycles. The second-order valence-electron chi connectivity index (χ2n) is 6.41. The summed E-state index contributed by atoms with van der Waals surface area (Å²) in [4.78, 5) is 37.4. The molecule has 0 spiro atoms. The molecule has 0 aliphatic rings. The molecule has 150 valence electrons. The molecule has 0 saturated carbocycles. The average molecular weight is 407 g/mol. The van der Waals surface area contributed by atoms with Crippen LogP contribution in [0.1, 0.15) is 56.7 Å². The van der Waals surface area contributed by atoms with Crippen LogP contribution in [0.15, 0.2) is 24.3 Å². The third kappa shape index (κ3) is 4.95. The Kier molecular flexibility index (Phi) is 7.28. The summed E-state index contributed by atoms with van der Waals surface area (Å²) in [6.45, 7) is 7.38. The monoisotopic (exact) mass is 407 g/mol. The Morgan fingerprint density at radius 1 is 1.14 bits per heavy atom. The highest BCUT2D eigenvalue weighted by Crippen LogP contribution is 2.34. The number of nitrogens with one attached hydrogen (secondary N) is 1. The van der Waals surface area contributed by atoms with Crippen molar-refractivity contribution in [3.63, 3.8) is 0 Å². The smallest absolute Gasteiger partial charge is 0.348 e. The van der Waals surface area contributed by atoms with Crippen LogP contribution in [0.5, 0.6) is 0 Å². The van der Waals surface area contributed by atoms with Crippen LogP contribution in [-0.2, 0) is 9.47 Å². The van der Waals surface area contributed by atoms with Gasteiger partial charge in [0, 0.05) is 0 Å². The van der Waals surface area contributed by atoms with E-state index in [0.29, 0.717) is 5.56 Å². The van der Waals surface area contributed by atoms with Crippen molar-refractivity contribution in [1.29, 1.82) is 0 Å². The summed E-state index contributed by atoms with van der Waals surface area (Å²) in [6.07, 6.45) is 0. The molecule has 0 fully saturated rings. The molecule has 1 heterocycles. The Hall–Kier alpha value is -2.74. The van der Waals surface area contributed by atoms with Crippen LogP contribution in [-0.4, -0.2) is 31.1 Å². The van der Waals surface area contributed by atoms with Crippen LogP contribution < -0.4 is 5.32 Å². The Balaban J connectivity index is 2.39. The van der Waals surface area contributed by atoms with Crippen molar-refractivity contribution in [3.05, 3.63) is 51.7 Å². The van der Waals surface area contributed by atoms with E-state index in [1.807, 2.05) is 13.8 Å². The van der Waals surface area contributed by atoms with Crippen LogP contribution in [0.25, 0.3) is 0 Å². The molecule has 0 atom stereocenters. The Morgan fingerprint density at radius 3 is 2.43 bits per heavy atom. The third-order valence-corrected chi connectivity index (χ3v) is 4.89. The van der Waals surface area contributed by atoms with E-state index in [2.05, 4.69) is 5.32 Å². The molecule has 0 bridgehead atoms. The van der Waals surface area contributed by atoms with Crippen molar-refractivity contribution in [2.45, 2.75) is 27.7 Å². The molecule has 1 aromatic heterocycles. The highest BCUT2D eigenvalue weighted by Gasteiger charge is 2.28. The van der Waals surface area contributed by atoms with Crippen LogP contribution in [0, 0.1) is 18.7 Å². The number of rotatable bonds is 7. The first kappa shape index (κ1) is 21.6. The van der Waals surface area contributed by atoms with Crippen molar-refractivity contribution in [3.8, 4) is 0 Å². The maximum Gasteiger partial charge on any atom is 0.348 e. The molecule has 0 unspecified atom stereocenters. The lowest BCUT2D eigenvalue weighted by molar-refractivity contribution is 0.0464. The zero-order valence-electron chi connectivity index (χ0n) is 16.1. The third-order valence-electron chi connectivity index (χ3n) is 3.71. The van der Waals surface area contributed by atoms with Gasteiger partial charge in [0.25, 0.3) is 5.91 Å². The van der Waals surface area contributed by atoms with Gasteiger partial charge in [0.1, 0.15) is 15.7 Å². The lowest BCUT2D eigenvalue weighted by Gasteiger charge is -2.07. The number of anilines is 1. The van der Waals surface area contributed by atoms with Crippen molar-refractivity contribution in [2.75, 3.05) is 18.5 Å². The second kappa shape index (κ2) is 9.45. The number of carbonyl (C=O) groups is 3. The topological polar surface area (TPSA) is 81.7 Å². The summed E-state index contributed by atoms with van der Waals surface area (Å²) in [5, 5.41) is 2.63. The number of hydrogen-bond acceptors (Lipinski definition) is 6. The van der Waals surface area contributed by atoms with E-state index >= 15 is 0 Å². The largest absolute Gasteiger partial charge is 0.462 e. The number of carbonyl (C=O) groups excluding carboxylic acids is 3. The summed E-state index contributed by atoms with van der Waals surface area (Å²) in [5.41, 5.74) is 0.237. The minimum atomic E-state index is -0.730. The molecule has 0 radical (unpaired) electrons. The molecule has 2 aromatic rings. The maximum absolute atomic E-state index is 13.9. The van der Waals surface area contributed by atoms with Crippen molar-refractivity contribution in [1.82, 2.24) is 0 Å². The first-order chi connectivity index (χ1) is 13.3. The normalized spacial score (nSPS) is 10.6. The fourth-order valence-electron chi connectivity index (χ4n) is 2.37. The van der Waals surface area contributed by atoms with Crippen molar-refractivity contribution in [2.24, 2.45) is 5.92 Å². The summed E-state index contributed by atoms with van der Waals surface area (Å²) < 4.78 is 24.2. The number of ether oxygens (including phenoxy) is 2. The first-order valence-electron chi connectivity index (χ1n) is 8.79. The molecule has 28 heavy (non-hydrogen) atoms. The number of esters is 2. The number of amides is 1. The summed E-state index contributed by atoms with van der Waals surface area (Å²) in [7, 11) is 0. The minimum absolute atomic E-state index is 0.0630. The predicted octanol–water partition coefficient (Wildman–Crippen LogP) is 4.44. The molecular formula is C20H22FNO5S. The van der Waals surface area contributed by atoms with E-state index < -0.39 is 23.7 Å². The van der Waals surface area contributed by atoms with Gasteiger partial charge in [-0.05, 0) is 37.5 Å². The van der Waals surface area contributed by atoms with Gasteiger partial charge in [-0.25, -0.2) is 14.0 Å². The van der Waals surface area contributed by atoms with E-state index in [9.17, 15) is 18.8 Å². The SMILES string of the molecule is CCOC(=O)c1c(NC(=O)c2ccccc2F)sc(C(=O)OCC(C)C)c1C. The molecule has 1 N–H and O–H groups in total. The number of benzene rings is 1. The maximum atomic E-state index is 13.9. The van der Waals surface area contributed by atoms with Crippen LogP contribution >= 0.6 is 11.3 Å². The molecule has 6 nitrogen and oxygen atoms in total. The van der Waals surface area contributed by atoms with Gasteiger partial charge >= 0.3 is 11.9 Å². The van der Waals surface area contributed by atoms with Crippen molar-refractivity contribution >= 4 is 34.2 Å². The van der Waals surface area contributed by atoms with Gasteiger partial charge in [-0.1, -0.05) is 26.0 Å². The van der Waals surface area contributed by atoms with E-state index in [0.717, 1.165) is 17.4 Å². The molecule has 1 amide bonds. The van der Waals surface area contributed by atoms with Crippen molar-refractivity contribution < 1.29 is 28.2 Å².